The Morgan fingerprint density at radius 2 is 0.848 bits per heavy atom. The zero-order valence-corrected chi connectivity index (χ0v) is 16.7. The number of alkyl halides is 6. The summed E-state index contributed by atoms with van der Waals surface area (Å²) >= 11 is 0. The van der Waals surface area contributed by atoms with Gasteiger partial charge in [0.2, 0.25) is 0 Å². The van der Waals surface area contributed by atoms with Crippen molar-refractivity contribution in [1.29, 1.82) is 0 Å². The van der Waals surface area contributed by atoms with Crippen LogP contribution in [0.3, 0.4) is 0 Å². The first-order chi connectivity index (χ1) is 15.5. The average Bonchev–Trinajstić information content (AvgIpc) is 3.07. The predicted molar refractivity (Wildman–Crippen MR) is 103 cm³/mol. The molecule has 3 nitrogen and oxygen atoms in total. The van der Waals surface area contributed by atoms with Gasteiger partial charge in [-0.25, -0.2) is 0 Å². The number of cyclic esters (lactones) is 2. The van der Waals surface area contributed by atoms with Gasteiger partial charge in [-0.2, -0.15) is 26.3 Å². The smallest absolute Gasteiger partial charge is 0.393 e. The number of carbonyl (C=O) groups excluding carboxylic acids is 2. The number of benzene rings is 2. The van der Waals surface area contributed by atoms with Crippen LogP contribution in [0.4, 0.5) is 26.3 Å². The summed E-state index contributed by atoms with van der Waals surface area (Å²) in [5.74, 6) is -11.7. The minimum Gasteiger partial charge on any atom is -0.393 e. The number of hydrogen-bond acceptors (Lipinski definition) is 3. The number of fused-ring (bicyclic) bond motifs is 1. The molecule has 1 saturated heterocycles. The van der Waals surface area contributed by atoms with E-state index in [1.807, 2.05) is 0 Å². The molecule has 0 aromatic heterocycles. The molecule has 172 valence electrons. The summed E-state index contributed by atoms with van der Waals surface area (Å²) in [6, 6.07) is 15.8. The number of carbonyl (C=O) groups is 2. The Hall–Kier alpha value is -3.10. The van der Waals surface area contributed by atoms with E-state index in [4.69, 9.17) is 0 Å². The lowest BCUT2D eigenvalue weighted by atomic mass is 9.46. The molecule has 0 amide bonds. The third kappa shape index (κ3) is 3.20. The second-order valence-electron chi connectivity index (χ2n) is 8.54. The van der Waals surface area contributed by atoms with Crippen LogP contribution in [0.5, 0.6) is 0 Å². The van der Waals surface area contributed by atoms with Gasteiger partial charge < -0.3 is 4.74 Å². The summed E-state index contributed by atoms with van der Waals surface area (Å²) < 4.78 is 90.3. The van der Waals surface area contributed by atoms with Crippen LogP contribution in [0.15, 0.2) is 71.8 Å². The molecule has 2 bridgehead atoms. The fourth-order valence-corrected chi connectivity index (χ4v) is 6.10. The molecule has 6 unspecified atom stereocenters. The lowest BCUT2D eigenvalue weighted by Gasteiger charge is -2.55. The Kier molecular flexibility index (Phi) is 4.74. The molecule has 3 aliphatic carbocycles. The second-order valence-corrected chi connectivity index (χ2v) is 8.54. The summed E-state index contributed by atoms with van der Waals surface area (Å²) in [5, 5.41) is 0. The lowest BCUT2D eigenvalue weighted by Crippen LogP contribution is -2.55. The van der Waals surface area contributed by atoms with Crippen LogP contribution in [-0.2, 0) is 14.3 Å². The molecule has 1 heterocycles. The first-order valence-electron chi connectivity index (χ1n) is 10.3. The molecular weight excluding hydrogens is 450 g/mol. The minimum absolute atomic E-state index is 0.370. The summed E-state index contributed by atoms with van der Waals surface area (Å²) in [7, 11) is 0. The average molecular weight is 466 g/mol. The van der Waals surface area contributed by atoms with Gasteiger partial charge in [0.15, 0.2) is 0 Å². The van der Waals surface area contributed by atoms with Crippen LogP contribution >= 0.6 is 0 Å². The molecule has 1 saturated carbocycles. The quantitative estimate of drug-likeness (QED) is 0.252. The van der Waals surface area contributed by atoms with E-state index in [9.17, 15) is 35.9 Å². The van der Waals surface area contributed by atoms with Gasteiger partial charge in [-0.15, -0.1) is 0 Å². The molecule has 0 radical (unpaired) electrons. The molecule has 6 atom stereocenters. The number of ether oxygens (including phenoxy) is 1. The molecule has 1 aliphatic heterocycles. The molecule has 2 aromatic carbocycles. The third-order valence-corrected chi connectivity index (χ3v) is 7.00. The van der Waals surface area contributed by atoms with Crippen LogP contribution < -0.4 is 0 Å². The first-order valence-corrected chi connectivity index (χ1v) is 10.3. The van der Waals surface area contributed by atoms with Gasteiger partial charge in [-0.3, -0.25) is 9.59 Å². The number of halogens is 6. The van der Waals surface area contributed by atoms with Gasteiger partial charge >= 0.3 is 24.3 Å². The zero-order valence-electron chi connectivity index (χ0n) is 16.7. The topological polar surface area (TPSA) is 43.4 Å². The highest BCUT2D eigenvalue weighted by Gasteiger charge is 2.72. The van der Waals surface area contributed by atoms with E-state index in [0.717, 1.165) is 0 Å². The Bertz CT molecular complexity index is 1050. The normalized spacial score (nSPS) is 31.6. The van der Waals surface area contributed by atoms with E-state index >= 15 is 0 Å². The van der Waals surface area contributed by atoms with E-state index in [1.54, 1.807) is 60.7 Å². The van der Waals surface area contributed by atoms with Crippen LogP contribution in [-0.4, -0.2) is 24.3 Å². The van der Waals surface area contributed by atoms with Crippen molar-refractivity contribution in [3.05, 3.63) is 82.9 Å². The molecule has 6 rings (SSSR count). The van der Waals surface area contributed by atoms with E-state index in [-0.39, 0.29) is 0 Å². The molecule has 0 spiro atoms. The Morgan fingerprint density at radius 1 is 0.515 bits per heavy atom. The number of esters is 2. The van der Waals surface area contributed by atoms with E-state index < -0.39 is 70.9 Å². The maximum absolute atomic E-state index is 14.3. The van der Waals surface area contributed by atoms with Crippen molar-refractivity contribution < 1.29 is 40.7 Å². The predicted octanol–water partition coefficient (Wildman–Crippen LogP) is 5.55. The number of allylic oxidation sites excluding steroid dienone is 2. The fraction of sp³-hybridized carbons (Fsp3) is 0.333. The highest BCUT2D eigenvalue weighted by atomic mass is 19.4. The molecule has 33 heavy (non-hydrogen) atoms. The van der Waals surface area contributed by atoms with Crippen LogP contribution in [0.2, 0.25) is 0 Å². The van der Waals surface area contributed by atoms with Crippen molar-refractivity contribution >= 4 is 11.9 Å². The largest absolute Gasteiger partial charge is 0.413 e. The monoisotopic (exact) mass is 466 g/mol. The fourth-order valence-electron chi connectivity index (χ4n) is 6.10. The highest BCUT2D eigenvalue weighted by molar-refractivity contribution is 5.98. The van der Waals surface area contributed by atoms with Crippen molar-refractivity contribution in [1.82, 2.24) is 0 Å². The first kappa shape index (κ1) is 21.7. The maximum atomic E-state index is 14.3. The molecule has 9 heteroatoms. The van der Waals surface area contributed by atoms with Gasteiger partial charge in [-0.05, 0) is 23.0 Å². The van der Waals surface area contributed by atoms with Crippen molar-refractivity contribution in [2.24, 2.45) is 23.7 Å². The van der Waals surface area contributed by atoms with Crippen molar-refractivity contribution in [2.45, 2.75) is 24.2 Å². The van der Waals surface area contributed by atoms with Crippen LogP contribution in [0.1, 0.15) is 23.0 Å². The molecular formula is C24H16F6O3. The summed E-state index contributed by atoms with van der Waals surface area (Å²) in [5.41, 5.74) is -2.80. The summed E-state index contributed by atoms with van der Waals surface area (Å²) in [4.78, 5) is 25.1. The summed E-state index contributed by atoms with van der Waals surface area (Å²) in [6.45, 7) is 0. The van der Waals surface area contributed by atoms with Crippen LogP contribution in [0.25, 0.3) is 0 Å². The van der Waals surface area contributed by atoms with Crippen molar-refractivity contribution in [3.63, 3.8) is 0 Å². The molecule has 0 N–H and O–H groups in total. The van der Waals surface area contributed by atoms with Gasteiger partial charge in [0, 0.05) is 23.0 Å². The third-order valence-electron chi connectivity index (χ3n) is 7.00. The second kappa shape index (κ2) is 7.20. The number of hydrogen-bond donors (Lipinski definition) is 0. The zero-order chi connectivity index (χ0) is 23.7. The van der Waals surface area contributed by atoms with Gasteiger partial charge in [0.1, 0.15) is 0 Å². The van der Waals surface area contributed by atoms with E-state index in [0.29, 0.717) is 11.1 Å². The SMILES string of the molecule is O=C1OC(=O)C2C1C1C(C(F)(F)F)=C(C(F)(F)F)C2C(c2ccccc2)C1c1ccccc1. The van der Waals surface area contributed by atoms with Gasteiger partial charge in [0.05, 0.1) is 11.8 Å². The number of rotatable bonds is 2. The summed E-state index contributed by atoms with van der Waals surface area (Å²) in [6.07, 6.45) is -10.7. The molecule has 2 fully saturated rings. The minimum atomic E-state index is -5.35. The molecule has 4 aliphatic rings. The Morgan fingerprint density at radius 3 is 1.15 bits per heavy atom. The Labute approximate surface area is 184 Å². The van der Waals surface area contributed by atoms with Gasteiger partial charge in [0.25, 0.3) is 0 Å². The lowest BCUT2D eigenvalue weighted by molar-refractivity contribution is -0.157. The van der Waals surface area contributed by atoms with Crippen molar-refractivity contribution in [3.8, 4) is 0 Å². The Balaban J connectivity index is 1.88. The van der Waals surface area contributed by atoms with E-state index in [2.05, 4.69) is 4.74 Å². The standard InChI is InChI=1S/C24H16F6O3/c25-23(26,27)19-15-13(11-7-3-1-4-8-11)14(12-9-5-2-6-10-12)16(20(19)24(28,29)30)18-17(15)21(31)33-22(18)32/h1-10,13-18H. The van der Waals surface area contributed by atoms with Gasteiger partial charge in [-0.1, -0.05) is 60.7 Å². The molecule has 2 aromatic rings. The highest BCUT2D eigenvalue weighted by Crippen LogP contribution is 2.69. The van der Waals surface area contributed by atoms with E-state index in [1.165, 1.54) is 0 Å². The van der Waals surface area contributed by atoms with Crippen molar-refractivity contribution in [2.75, 3.05) is 0 Å². The van der Waals surface area contributed by atoms with Crippen LogP contribution in [0, 0.1) is 23.7 Å². The maximum Gasteiger partial charge on any atom is 0.413 e.